The number of benzene rings is 1. The maximum Gasteiger partial charge on any atom is 0.251 e. The highest BCUT2D eigenvalue weighted by Gasteiger charge is 2.34. The summed E-state index contributed by atoms with van der Waals surface area (Å²) in [5.41, 5.74) is 0.650. The van der Waals surface area contributed by atoms with E-state index < -0.39 is 10.0 Å². The fourth-order valence-electron chi connectivity index (χ4n) is 3.09. The monoisotopic (exact) mass is 406 g/mol. The van der Waals surface area contributed by atoms with E-state index in [2.05, 4.69) is 0 Å². The van der Waals surface area contributed by atoms with Crippen molar-refractivity contribution in [2.75, 3.05) is 32.8 Å². The minimum atomic E-state index is -3.73. The number of piperazine rings is 1. The van der Waals surface area contributed by atoms with E-state index in [1.54, 1.807) is 11.8 Å². The zero-order chi connectivity index (χ0) is 18.2. The summed E-state index contributed by atoms with van der Waals surface area (Å²) < 4.78 is 32.5. The molecule has 1 aromatic carbocycles. The molecule has 2 aliphatic rings. The normalized spacial score (nSPS) is 22.4. The van der Waals surface area contributed by atoms with E-state index >= 15 is 0 Å². The number of amides is 1. The summed E-state index contributed by atoms with van der Waals surface area (Å²) in [6, 6.07) is 2.94. The van der Waals surface area contributed by atoms with Crippen molar-refractivity contribution in [3.63, 3.8) is 0 Å². The summed E-state index contributed by atoms with van der Waals surface area (Å²) in [6.07, 6.45) is 1.24. The third-order valence-corrected chi connectivity index (χ3v) is 7.36. The number of nitrogens with zero attached hydrogens (tertiary/aromatic N) is 2. The molecule has 2 fully saturated rings. The van der Waals surface area contributed by atoms with Gasteiger partial charge >= 0.3 is 0 Å². The van der Waals surface area contributed by atoms with E-state index in [9.17, 15) is 13.2 Å². The lowest BCUT2D eigenvalue weighted by Crippen LogP contribution is -2.52. The van der Waals surface area contributed by atoms with Gasteiger partial charge in [-0.25, -0.2) is 8.42 Å². The van der Waals surface area contributed by atoms with Crippen LogP contribution in [0.15, 0.2) is 17.0 Å². The average Bonchev–Trinajstić information content (AvgIpc) is 3.12. The molecular formula is C16H20Cl2N2O4S. The van der Waals surface area contributed by atoms with E-state index in [0.29, 0.717) is 30.3 Å². The average molecular weight is 407 g/mol. The molecule has 0 spiro atoms. The SMILES string of the molecule is Cc1cc(S(=O)(=O)N2CCN(C(=O)C3CCCO3)CC2)c(Cl)cc1Cl. The van der Waals surface area contributed by atoms with E-state index in [1.807, 2.05) is 0 Å². The Labute approximate surface area is 157 Å². The minimum Gasteiger partial charge on any atom is -0.368 e. The predicted molar refractivity (Wildman–Crippen MR) is 95.5 cm³/mol. The Bertz CT molecular complexity index is 771. The first kappa shape index (κ1) is 18.9. The van der Waals surface area contributed by atoms with Gasteiger partial charge < -0.3 is 9.64 Å². The molecule has 9 heteroatoms. The van der Waals surface area contributed by atoms with E-state index in [4.69, 9.17) is 27.9 Å². The maximum atomic E-state index is 12.9. The van der Waals surface area contributed by atoms with E-state index in [1.165, 1.54) is 16.4 Å². The van der Waals surface area contributed by atoms with Crippen molar-refractivity contribution in [3.8, 4) is 0 Å². The number of hydrogen-bond acceptors (Lipinski definition) is 4. The van der Waals surface area contributed by atoms with Gasteiger partial charge in [-0.15, -0.1) is 0 Å². The van der Waals surface area contributed by atoms with Crippen molar-refractivity contribution in [2.45, 2.75) is 30.8 Å². The number of hydrogen-bond donors (Lipinski definition) is 0. The summed E-state index contributed by atoms with van der Waals surface area (Å²) >= 11 is 12.1. The highest BCUT2D eigenvalue weighted by Crippen LogP contribution is 2.30. The van der Waals surface area contributed by atoms with E-state index in [-0.39, 0.29) is 35.0 Å². The summed E-state index contributed by atoms with van der Waals surface area (Å²) in [6.45, 7) is 3.51. The first-order valence-corrected chi connectivity index (χ1v) is 10.4. The first-order valence-electron chi connectivity index (χ1n) is 8.17. The van der Waals surface area contributed by atoms with Gasteiger partial charge in [-0.1, -0.05) is 23.2 Å². The molecule has 3 rings (SSSR count). The van der Waals surface area contributed by atoms with Crippen molar-refractivity contribution in [1.29, 1.82) is 0 Å². The van der Waals surface area contributed by atoms with E-state index in [0.717, 1.165) is 12.8 Å². The zero-order valence-electron chi connectivity index (χ0n) is 13.9. The third kappa shape index (κ3) is 3.80. The molecule has 1 aromatic rings. The van der Waals surface area contributed by atoms with Gasteiger partial charge in [-0.2, -0.15) is 4.31 Å². The zero-order valence-corrected chi connectivity index (χ0v) is 16.2. The van der Waals surface area contributed by atoms with Crippen LogP contribution in [0.3, 0.4) is 0 Å². The molecule has 0 aromatic heterocycles. The fraction of sp³-hybridized carbons (Fsp3) is 0.562. The Morgan fingerprint density at radius 1 is 1.16 bits per heavy atom. The van der Waals surface area contributed by atoms with Gasteiger partial charge in [0.1, 0.15) is 11.0 Å². The van der Waals surface area contributed by atoms with Crippen molar-refractivity contribution in [3.05, 3.63) is 27.7 Å². The Morgan fingerprint density at radius 2 is 1.84 bits per heavy atom. The number of ether oxygens (including phenoxy) is 1. The molecule has 2 heterocycles. The molecule has 0 saturated carbocycles. The lowest BCUT2D eigenvalue weighted by molar-refractivity contribution is -0.142. The molecular weight excluding hydrogens is 387 g/mol. The van der Waals surface area contributed by atoms with Gasteiger partial charge in [0.05, 0.1) is 5.02 Å². The Hall–Kier alpha value is -0.860. The van der Waals surface area contributed by atoms with Gasteiger partial charge in [-0.05, 0) is 37.5 Å². The van der Waals surface area contributed by atoms with Gasteiger partial charge in [0.15, 0.2) is 0 Å². The van der Waals surface area contributed by atoms with Crippen LogP contribution in [0.25, 0.3) is 0 Å². The maximum absolute atomic E-state index is 12.9. The highest BCUT2D eigenvalue weighted by atomic mass is 35.5. The molecule has 0 aliphatic carbocycles. The fourth-order valence-corrected chi connectivity index (χ4v) is 5.32. The molecule has 1 amide bonds. The van der Waals surface area contributed by atoms with Gasteiger partial charge in [0.2, 0.25) is 10.0 Å². The Kier molecular flexibility index (Phi) is 5.60. The lowest BCUT2D eigenvalue weighted by Gasteiger charge is -2.35. The van der Waals surface area contributed by atoms with Crippen LogP contribution in [0.1, 0.15) is 18.4 Å². The molecule has 2 saturated heterocycles. The highest BCUT2D eigenvalue weighted by molar-refractivity contribution is 7.89. The molecule has 0 N–H and O–H groups in total. The third-order valence-electron chi connectivity index (χ3n) is 4.59. The second-order valence-electron chi connectivity index (χ2n) is 6.26. The summed E-state index contributed by atoms with van der Waals surface area (Å²) in [5, 5.41) is 0.532. The van der Waals surface area contributed by atoms with Crippen LogP contribution >= 0.6 is 23.2 Å². The molecule has 2 aliphatic heterocycles. The number of carbonyl (C=O) groups is 1. The Balaban J connectivity index is 1.71. The van der Waals surface area contributed by atoms with Crippen molar-refractivity contribution < 1.29 is 17.9 Å². The van der Waals surface area contributed by atoms with Crippen LogP contribution in [-0.4, -0.2) is 62.4 Å². The van der Waals surface area contributed by atoms with Crippen LogP contribution in [0.4, 0.5) is 0 Å². The molecule has 6 nitrogen and oxygen atoms in total. The summed E-state index contributed by atoms with van der Waals surface area (Å²) in [5.74, 6) is -0.0464. The topological polar surface area (TPSA) is 66.9 Å². The van der Waals surface area contributed by atoms with Gasteiger partial charge in [0.25, 0.3) is 5.91 Å². The number of rotatable bonds is 3. The predicted octanol–water partition coefficient (Wildman–Crippen LogP) is 2.31. The smallest absolute Gasteiger partial charge is 0.251 e. The van der Waals surface area contributed by atoms with Crippen LogP contribution < -0.4 is 0 Å². The van der Waals surface area contributed by atoms with Crippen LogP contribution in [0, 0.1) is 6.92 Å². The van der Waals surface area contributed by atoms with Crippen LogP contribution in [-0.2, 0) is 19.6 Å². The number of aryl methyl sites for hydroxylation is 1. The van der Waals surface area contributed by atoms with Gasteiger partial charge in [-0.3, -0.25) is 4.79 Å². The van der Waals surface area contributed by atoms with Crippen molar-refractivity contribution >= 4 is 39.1 Å². The van der Waals surface area contributed by atoms with Crippen molar-refractivity contribution in [2.24, 2.45) is 0 Å². The molecule has 0 radical (unpaired) electrons. The van der Waals surface area contributed by atoms with Crippen molar-refractivity contribution in [1.82, 2.24) is 9.21 Å². The van der Waals surface area contributed by atoms with Crippen LogP contribution in [0.2, 0.25) is 10.0 Å². The molecule has 0 bridgehead atoms. The largest absolute Gasteiger partial charge is 0.368 e. The molecule has 138 valence electrons. The lowest BCUT2D eigenvalue weighted by atomic mass is 10.2. The first-order chi connectivity index (χ1) is 11.8. The van der Waals surface area contributed by atoms with Crippen LogP contribution in [0.5, 0.6) is 0 Å². The summed E-state index contributed by atoms with van der Waals surface area (Å²) in [7, 11) is -3.73. The molecule has 1 atom stereocenters. The summed E-state index contributed by atoms with van der Waals surface area (Å²) in [4.78, 5) is 14.1. The Morgan fingerprint density at radius 3 is 2.44 bits per heavy atom. The molecule has 1 unspecified atom stereocenters. The number of halogens is 2. The number of carbonyl (C=O) groups excluding carboxylic acids is 1. The quantitative estimate of drug-likeness (QED) is 0.772. The second kappa shape index (κ2) is 7.40. The number of sulfonamides is 1. The second-order valence-corrected chi connectivity index (χ2v) is 8.98. The van der Waals surface area contributed by atoms with Gasteiger partial charge in [0, 0.05) is 37.8 Å². The minimum absolute atomic E-state index is 0.0464. The molecule has 25 heavy (non-hydrogen) atoms. The standard InChI is InChI=1S/C16H20Cl2N2O4S/c1-11-9-15(13(18)10-12(11)17)25(22,23)20-6-4-19(5-7-20)16(21)14-3-2-8-24-14/h9-10,14H,2-8H2,1H3.